The Morgan fingerprint density at radius 1 is 1.06 bits per heavy atom. The molecule has 6 nitrogen and oxygen atoms in total. The fourth-order valence-electron chi connectivity index (χ4n) is 4.24. The number of nitrogens with zero attached hydrogens (tertiary/aromatic N) is 2. The molecule has 0 bridgehead atoms. The second kappa shape index (κ2) is 8.52. The Morgan fingerprint density at radius 2 is 1.85 bits per heavy atom. The molecular formula is C26H21N3O3S. The number of benzene rings is 2. The third-order valence-corrected chi connectivity index (χ3v) is 6.10. The zero-order valence-corrected chi connectivity index (χ0v) is 18.6. The number of para-hydroxylation sites is 1. The summed E-state index contributed by atoms with van der Waals surface area (Å²) in [4.78, 5) is 17.9. The molecule has 0 amide bonds. The van der Waals surface area contributed by atoms with Gasteiger partial charge in [0, 0.05) is 17.4 Å². The molecule has 0 unspecified atom stereocenters. The Bertz CT molecular complexity index is 1320. The van der Waals surface area contributed by atoms with Crippen LogP contribution in [0.1, 0.15) is 39.5 Å². The largest absolute Gasteiger partial charge is 0.478 e. The van der Waals surface area contributed by atoms with Gasteiger partial charge in [-0.1, -0.05) is 30.3 Å². The van der Waals surface area contributed by atoms with Crippen LogP contribution in [0.5, 0.6) is 0 Å². The highest BCUT2D eigenvalue weighted by atomic mass is 32.1. The van der Waals surface area contributed by atoms with Crippen LogP contribution in [0.2, 0.25) is 0 Å². The van der Waals surface area contributed by atoms with Crippen LogP contribution in [-0.4, -0.2) is 21.2 Å². The quantitative estimate of drug-likeness (QED) is 0.383. The van der Waals surface area contributed by atoms with E-state index >= 15 is 0 Å². The summed E-state index contributed by atoms with van der Waals surface area (Å²) in [5.41, 5.74) is 3.75. The summed E-state index contributed by atoms with van der Waals surface area (Å²) in [6.45, 7) is 1.88. The van der Waals surface area contributed by atoms with Gasteiger partial charge in [0.1, 0.15) is 17.6 Å². The van der Waals surface area contributed by atoms with Gasteiger partial charge in [0.05, 0.1) is 17.3 Å². The Balaban J connectivity index is 1.58. The first kappa shape index (κ1) is 20.9. The number of aromatic carboxylic acids is 1. The Labute approximate surface area is 196 Å². The SMILES string of the molecule is Cc1cc(C(=O)O)ccc1-c1ccc([C@H]2[C@H](c3ccccn3)NC(=S)N2c2ccccc2)o1. The van der Waals surface area contributed by atoms with Crippen LogP contribution in [0, 0.1) is 6.92 Å². The topological polar surface area (TPSA) is 78.6 Å². The fourth-order valence-corrected chi connectivity index (χ4v) is 4.59. The van der Waals surface area contributed by atoms with Crippen molar-refractivity contribution >= 4 is 29.0 Å². The molecule has 0 radical (unpaired) electrons. The van der Waals surface area contributed by atoms with Gasteiger partial charge < -0.3 is 19.7 Å². The molecule has 2 atom stereocenters. The van der Waals surface area contributed by atoms with Crippen molar-refractivity contribution in [1.82, 2.24) is 10.3 Å². The highest BCUT2D eigenvalue weighted by Gasteiger charge is 2.42. The lowest BCUT2D eigenvalue weighted by molar-refractivity contribution is 0.0697. The number of nitrogens with one attached hydrogen (secondary N) is 1. The van der Waals surface area contributed by atoms with Gasteiger partial charge in [0.2, 0.25) is 0 Å². The molecule has 1 fully saturated rings. The number of carboxylic acids is 1. The molecule has 2 N–H and O–H groups in total. The fraction of sp³-hybridized carbons (Fsp3) is 0.115. The van der Waals surface area contributed by atoms with Crippen molar-refractivity contribution in [3.63, 3.8) is 0 Å². The number of furan rings is 1. The van der Waals surface area contributed by atoms with Crippen molar-refractivity contribution in [1.29, 1.82) is 0 Å². The van der Waals surface area contributed by atoms with E-state index in [1.54, 1.807) is 24.4 Å². The number of rotatable bonds is 5. The zero-order valence-electron chi connectivity index (χ0n) is 17.8. The summed E-state index contributed by atoms with van der Waals surface area (Å²) in [6.07, 6.45) is 1.77. The average molecular weight is 456 g/mol. The van der Waals surface area contributed by atoms with E-state index in [0.29, 0.717) is 10.9 Å². The van der Waals surface area contributed by atoms with Gasteiger partial charge in [-0.25, -0.2) is 4.79 Å². The molecule has 3 heterocycles. The van der Waals surface area contributed by atoms with E-state index in [2.05, 4.69) is 15.2 Å². The number of aryl methyl sites for hydroxylation is 1. The van der Waals surface area contributed by atoms with Crippen LogP contribution in [-0.2, 0) is 0 Å². The van der Waals surface area contributed by atoms with Gasteiger partial charge in [-0.2, -0.15) is 0 Å². The smallest absolute Gasteiger partial charge is 0.335 e. The lowest BCUT2D eigenvalue weighted by atomic mass is 10.0. The summed E-state index contributed by atoms with van der Waals surface area (Å²) in [7, 11) is 0. The maximum Gasteiger partial charge on any atom is 0.335 e. The maximum atomic E-state index is 11.3. The molecule has 2 aromatic carbocycles. The van der Waals surface area contributed by atoms with E-state index in [1.165, 1.54) is 0 Å². The van der Waals surface area contributed by atoms with Crippen molar-refractivity contribution in [3.8, 4) is 11.3 Å². The normalized spacial score (nSPS) is 17.7. The minimum Gasteiger partial charge on any atom is -0.478 e. The number of hydrogen-bond acceptors (Lipinski definition) is 4. The Morgan fingerprint density at radius 3 is 2.55 bits per heavy atom. The van der Waals surface area contributed by atoms with E-state index < -0.39 is 5.97 Å². The van der Waals surface area contributed by atoms with Crippen molar-refractivity contribution in [3.05, 3.63) is 108 Å². The lowest BCUT2D eigenvalue weighted by Crippen LogP contribution is -2.29. The van der Waals surface area contributed by atoms with Crippen LogP contribution in [0.3, 0.4) is 0 Å². The third-order valence-electron chi connectivity index (χ3n) is 5.79. The van der Waals surface area contributed by atoms with Gasteiger partial charge >= 0.3 is 5.97 Å². The minimum atomic E-state index is -0.952. The summed E-state index contributed by atoms with van der Waals surface area (Å²) >= 11 is 5.73. The first-order chi connectivity index (χ1) is 16.0. The van der Waals surface area contributed by atoms with Gasteiger partial charge in [-0.05, 0) is 73.2 Å². The molecule has 0 aliphatic carbocycles. The molecule has 7 heteroatoms. The molecular weight excluding hydrogens is 434 g/mol. The Kier molecular flexibility index (Phi) is 5.40. The molecule has 164 valence electrons. The standard InChI is InChI=1S/C26H21N3O3S/c1-16-15-17(25(30)31)10-11-19(16)21-12-13-22(32-21)24-23(20-9-5-6-14-27-20)28-26(33)29(24)18-7-3-2-4-8-18/h2-15,23-24H,1H3,(H,28,33)(H,30,31)/t23-,24-/m0/s1. The van der Waals surface area contributed by atoms with E-state index in [4.69, 9.17) is 16.6 Å². The van der Waals surface area contributed by atoms with Crippen LogP contribution in [0.4, 0.5) is 5.69 Å². The number of carboxylic acid groups (broad SMARTS) is 1. The molecule has 4 aromatic rings. The van der Waals surface area contributed by atoms with E-state index in [9.17, 15) is 9.90 Å². The molecule has 0 saturated carbocycles. The number of aromatic nitrogens is 1. The highest BCUT2D eigenvalue weighted by Crippen LogP contribution is 2.43. The van der Waals surface area contributed by atoms with Crippen LogP contribution >= 0.6 is 12.2 Å². The summed E-state index contributed by atoms with van der Waals surface area (Å²) < 4.78 is 6.37. The van der Waals surface area contributed by atoms with E-state index in [-0.39, 0.29) is 17.6 Å². The predicted octanol–water partition coefficient (Wildman–Crippen LogP) is 5.53. The number of pyridine rings is 1. The second-order valence-electron chi connectivity index (χ2n) is 7.87. The number of hydrogen-bond donors (Lipinski definition) is 2. The second-order valence-corrected chi connectivity index (χ2v) is 8.26. The summed E-state index contributed by atoms with van der Waals surface area (Å²) in [5, 5.41) is 13.3. The number of anilines is 1. The summed E-state index contributed by atoms with van der Waals surface area (Å²) in [6, 6.07) is 24.2. The van der Waals surface area contributed by atoms with Crippen LogP contribution in [0.15, 0.2) is 89.5 Å². The van der Waals surface area contributed by atoms with Crippen molar-refractivity contribution < 1.29 is 14.3 Å². The molecule has 1 saturated heterocycles. The van der Waals surface area contributed by atoms with Gasteiger partial charge in [-0.3, -0.25) is 4.98 Å². The third kappa shape index (κ3) is 3.87. The monoisotopic (exact) mass is 455 g/mol. The van der Waals surface area contributed by atoms with Gasteiger partial charge in [0.25, 0.3) is 0 Å². The summed E-state index contributed by atoms with van der Waals surface area (Å²) in [5.74, 6) is 0.454. The van der Waals surface area contributed by atoms with Crippen LogP contribution < -0.4 is 10.2 Å². The van der Waals surface area contributed by atoms with E-state index in [1.807, 2.05) is 67.6 Å². The van der Waals surface area contributed by atoms with Gasteiger partial charge in [0.15, 0.2) is 5.11 Å². The lowest BCUT2D eigenvalue weighted by Gasteiger charge is -2.26. The number of thiocarbonyl (C=S) groups is 1. The van der Waals surface area contributed by atoms with Gasteiger partial charge in [-0.15, -0.1) is 0 Å². The van der Waals surface area contributed by atoms with Crippen LogP contribution in [0.25, 0.3) is 11.3 Å². The molecule has 1 aliphatic heterocycles. The van der Waals surface area contributed by atoms with Crippen molar-refractivity contribution in [2.24, 2.45) is 0 Å². The predicted molar refractivity (Wildman–Crippen MR) is 130 cm³/mol. The molecule has 2 aromatic heterocycles. The molecule has 0 spiro atoms. The maximum absolute atomic E-state index is 11.3. The minimum absolute atomic E-state index is 0.201. The number of carbonyl (C=O) groups is 1. The zero-order chi connectivity index (χ0) is 22.9. The first-order valence-corrected chi connectivity index (χ1v) is 10.9. The van der Waals surface area contributed by atoms with Crippen molar-refractivity contribution in [2.75, 3.05) is 4.90 Å². The Hall–Kier alpha value is -3.97. The first-order valence-electron chi connectivity index (χ1n) is 10.5. The van der Waals surface area contributed by atoms with Crippen molar-refractivity contribution in [2.45, 2.75) is 19.0 Å². The molecule has 33 heavy (non-hydrogen) atoms. The average Bonchev–Trinajstić information content (AvgIpc) is 3.44. The van der Waals surface area contributed by atoms with E-state index in [0.717, 1.165) is 28.3 Å². The molecule has 1 aliphatic rings. The highest BCUT2D eigenvalue weighted by molar-refractivity contribution is 7.80. The molecule has 5 rings (SSSR count).